The molecule has 4 aromatic heterocycles. The number of nitrogens with two attached hydrogens (primary N) is 1. The lowest BCUT2D eigenvalue weighted by Gasteiger charge is -2.09. The summed E-state index contributed by atoms with van der Waals surface area (Å²) in [6, 6.07) is 11.0. The molecule has 27 heavy (non-hydrogen) atoms. The molecule has 0 atom stereocenters. The molecule has 0 saturated carbocycles. The number of anilines is 2. The maximum Gasteiger partial charge on any atom is 0.275 e. The highest BCUT2D eigenvalue weighted by molar-refractivity contribution is 7.13. The number of aryl methyl sites for hydroxylation is 1. The summed E-state index contributed by atoms with van der Waals surface area (Å²) in [5.41, 5.74) is 9.23. The average Bonchev–Trinajstić information content (AvgIpc) is 3.35. The third-order valence-electron chi connectivity index (χ3n) is 3.97. The molecule has 0 aromatic carbocycles. The minimum atomic E-state index is -0.365. The number of aromatic nitrogens is 4. The molecule has 0 radical (unpaired) electrons. The van der Waals surface area contributed by atoms with Gasteiger partial charge in [0.1, 0.15) is 5.69 Å². The molecule has 0 fully saturated rings. The van der Waals surface area contributed by atoms with Crippen LogP contribution in [0.1, 0.15) is 10.5 Å². The van der Waals surface area contributed by atoms with E-state index in [1.54, 1.807) is 40.5 Å². The first-order valence-corrected chi connectivity index (χ1v) is 9.05. The molecule has 0 aliphatic rings. The van der Waals surface area contributed by atoms with Crippen LogP contribution in [-0.2, 0) is 7.05 Å². The number of carbonyl (C=O) groups is 1. The summed E-state index contributed by atoms with van der Waals surface area (Å²) >= 11 is 1.57. The summed E-state index contributed by atoms with van der Waals surface area (Å²) in [7, 11) is 1.85. The third kappa shape index (κ3) is 3.56. The summed E-state index contributed by atoms with van der Waals surface area (Å²) in [5.74, 6) is -0.0423. The van der Waals surface area contributed by atoms with E-state index in [4.69, 9.17) is 5.73 Å². The second-order valence-electron chi connectivity index (χ2n) is 5.90. The lowest BCUT2D eigenvalue weighted by Crippen LogP contribution is -2.16. The second kappa shape index (κ2) is 7.00. The molecule has 0 saturated heterocycles. The standard InChI is InChI=1S/C19H16N6OS/c1-25-11-13(10-22-25)12-4-6-16(21-9-12)19(26)24-18-14(20)5-7-15(23-18)17-3-2-8-27-17/h2-11H,20H2,1H3,(H,23,24,26). The maximum atomic E-state index is 12.5. The molecule has 7 nitrogen and oxygen atoms in total. The fraction of sp³-hybridized carbons (Fsp3) is 0.0526. The Morgan fingerprint density at radius 1 is 1.15 bits per heavy atom. The molecule has 0 aliphatic carbocycles. The second-order valence-corrected chi connectivity index (χ2v) is 6.85. The van der Waals surface area contributed by atoms with Crippen LogP contribution in [-0.4, -0.2) is 25.7 Å². The predicted octanol–water partition coefficient (Wildman–Crippen LogP) is 3.44. The minimum Gasteiger partial charge on any atom is -0.396 e. The molecule has 1 amide bonds. The Morgan fingerprint density at radius 2 is 2.04 bits per heavy atom. The number of nitrogens with zero attached hydrogens (tertiary/aromatic N) is 4. The van der Waals surface area contributed by atoms with Gasteiger partial charge in [0.2, 0.25) is 0 Å². The number of carbonyl (C=O) groups excluding carboxylic acids is 1. The van der Waals surface area contributed by atoms with Crippen molar-refractivity contribution in [1.82, 2.24) is 19.7 Å². The maximum absolute atomic E-state index is 12.5. The summed E-state index contributed by atoms with van der Waals surface area (Å²) < 4.78 is 1.71. The van der Waals surface area contributed by atoms with Crippen molar-refractivity contribution >= 4 is 28.7 Å². The van der Waals surface area contributed by atoms with E-state index in [1.807, 2.05) is 42.9 Å². The Kier molecular flexibility index (Phi) is 4.39. The zero-order chi connectivity index (χ0) is 18.8. The van der Waals surface area contributed by atoms with Crippen molar-refractivity contribution < 1.29 is 4.79 Å². The zero-order valence-electron chi connectivity index (χ0n) is 14.5. The summed E-state index contributed by atoms with van der Waals surface area (Å²) in [6.07, 6.45) is 5.28. The van der Waals surface area contributed by atoms with Gasteiger partial charge in [0.15, 0.2) is 5.82 Å². The van der Waals surface area contributed by atoms with Crippen LogP contribution in [0.2, 0.25) is 0 Å². The van der Waals surface area contributed by atoms with Crippen LogP contribution in [0, 0.1) is 0 Å². The van der Waals surface area contributed by atoms with Crippen LogP contribution in [0.4, 0.5) is 11.5 Å². The quantitative estimate of drug-likeness (QED) is 0.568. The predicted molar refractivity (Wildman–Crippen MR) is 106 cm³/mol. The Morgan fingerprint density at radius 3 is 2.70 bits per heavy atom. The number of hydrogen-bond acceptors (Lipinski definition) is 6. The molecule has 134 valence electrons. The molecule has 4 aromatic rings. The van der Waals surface area contributed by atoms with Crippen molar-refractivity contribution in [2.24, 2.45) is 7.05 Å². The number of hydrogen-bond donors (Lipinski definition) is 2. The molecular weight excluding hydrogens is 360 g/mol. The van der Waals surface area contributed by atoms with Gasteiger partial charge in [-0.15, -0.1) is 11.3 Å². The van der Waals surface area contributed by atoms with Crippen molar-refractivity contribution in [3.63, 3.8) is 0 Å². The number of thiophene rings is 1. The van der Waals surface area contributed by atoms with Crippen LogP contribution in [0.15, 0.2) is 60.4 Å². The molecule has 8 heteroatoms. The monoisotopic (exact) mass is 376 g/mol. The number of nitrogens with one attached hydrogen (secondary N) is 1. The van der Waals surface area contributed by atoms with Crippen molar-refractivity contribution in [1.29, 1.82) is 0 Å². The van der Waals surface area contributed by atoms with Gasteiger partial charge in [0.25, 0.3) is 5.91 Å². The van der Waals surface area contributed by atoms with Gasteiger partial charge < -0.3 is 11.1 Å². The first kappa shape index (κ1) is 16.9. The van der Waals surface area contributed by atoms with Crippen LogP contribution in [0.5, 0.6) is 0 Å². The van der Waals surface area contributed by atoms with E-state index in [0.717, 1.165) is 21.7 Å². The Hall–Kier alpha value is -3.52. The van der Waals surface area contributed by atoms with E-state index in [2.05, 4.69) is 20.4 Å². The summed E-state index contributed by atoms with van der Waals surface area (Å²) in [6.45, 7) is 0. The first-order chi connectivity index (χ1) is 13.1. The van der Waals surface area contributed by atoms with Crippen molar-refractivity contribution in [3.05, 3.63) is 66.1 Å². The van der Waals surface area contributed by atoms with Crippen LogP contribution in [0.3, 0.4) is 0 Å². The van der Waals surface area contributed by atoms with Gasteiger partial charge >= 0.3 is 0 Å². The molecule has 3 N–H and O–H groups in total. The highest BCUT2D eigenvalue weighted by atomic mass is 32.1. The van der Waals surface area contributed by atoms with Crippen LogP contribution >= 0.6 is 11.3 Å². The van der Waals surface area contributed by atoms with E-state index in [9.17, 15) is 4.79 Å². The van der Waals surface area contributed by atoms with Crippen molar-refractivity contribution in [2.75, 3.05) is 11.1 Å². The largest absolute Gasteiger partial charge is 0.396 e. The van der Waals surface area contributed by atoms with Crippen molar-refractivity contribution in [2.45, 2.75) is 0 Å². The minimum absolute atomic E-state index is 0.283. The van der Waals surface area contributed by atoms with Crippen LogP contribution < -0.4 is 11.1 Å². The van der Waals surface area contributed by atoms with Gasteiger partial charge in [-0.3, -0.25) is 14.5 Å². The van der Waals surface area contributed by atoms with Gasteiger partial charge in [-0.1, -0.05) is 12.1 Å². The average molecular weight is 376 g/mol. The lowest BCUT2D eigenvalue weighted by molar-refractivity contribution is 0.102. The lowest BCUT2D eigenvalue weighted by atomic mass is 10.1. The van der Waals surface area contributed by atoms with E-state index in [-0.39, 0.29) is 11.6 Å². The zero-order valence-corrected chi connectivity index (χ0v) is 15.3. The summed E-state index contributed by atoms with van der Waals surface area (Å²) in [4.78, 5) is 22.2. The van der Waals surface area contributed by atoms with Gasteiger partial charge in [0, 0.05) is 30.6 Å². The van der Waals surface area contributed by atoms with Crippen LogP contribution in [0.25, 0.3) is 21.7 Å². The SMILES string of the molecule is Cn1cc(-c2ccc(C(=O)Nc3nc(-c4cccs4)ccc3N)nc2)cn1. The van der Waals surface area contributed by atoms with E-state index >= 15 is 0 Å². The molecule has 0 aliphatic heterocycles. The van der Waals surface area contributed by atoms with E-state index in [0.29, 0.717) is 11.5 Å². The van der Waals surface area contributed by atoms with Gasteiger partial charge in [-0.2, -0.15) is 5.10 Å². The smallest absolute Gasteiger partial charge is 0.275 e. The molecule has 4 rings (SSSR count). The number of rotatable bonds is 4. The van der Waals surface area contributed by atoms with Gasteiger partial charge in [-0.05, 0) is 29.6 Å². The molecule has 0 unspecified atom stereocenters. The third-order valence-corrected chi connectivity index (χ3v) is 4.86. The molecule has 4 heterocycles. The van der Waals surface area contributed by atoms with Crippen molar-refractivity contribution in [3.8, 4) is 21.7 Å². The number of nitrogen functional groups attached to an aromatic ring is 1. The highest BCUT2D eigenvalue weighted by Gasteiger charge is 2.13. The summed E-state index contributed by atoms with van der Waals surface area (Å²) in [5, 5.41) is 8.85. The fourth-order valence-electron chi connectivity index (χ4n) is 2.57. The normalized spacial score (nSPS) is 10.7. The van der Waals surface area contributed by atoms with E-state index in [1.165, 1.54) is 0 Å². The first-order valence-electron chi connectivity index (χ1n) is 8.17. The Bertz CT molecular complexity index is 1090. The molecule has 0 spiro atoms. The topological polar surface area (TPSA) is 98.7 Å². The Balaban J connectivity index is 1.54. The Labute approximate surface area is 159 Å². The highest BCUT2D eigenvalue weighted by Crippen LogP contribution is 2.27. The van der Waals surface area contributed by atoms with Gasteiger partial charge in [-0.25, -0.2) is 4.98 Å². The van der Waals surface area contributed by atoms with Gasteiger partial charge in [0.05, 0.1) is 22.5 Å². The van der Waals surface area contributed by atoms with E-state index < -0.39 is 0 Å². The number of pyridine rings is 2. The molecule has 0 bridgehead atoms. The number of amides is 1. The molecular formula is C19H16N6OS. The fourth-order valence-corrected chi connectivity index (χ4v) is 3.27.